The van der Waals surface area contributed by atoms with Gasteiger partial charge in [-0.25, -0.2) is 9.67 Å². The van der Waals surface area contributed by atoms with Crippen LogP contribution in [0.15, 0.2) is 29.3 Å². The van der Waals surface area contributed by atoms with Crippen molar-refractivity contribution in [1.29, 1.82) is 0 Å². The Morgan fingerprint density at radius 1 is 1.48 bits per heavy atom. The number of benzene rings is 1. The monoisotopic (exact) mass is 371 g/mol. The van der Waals surface area contributed by atoms with E-state index in [0.29, 0.717) is 30.5 Å². The van der Waals surface area contributed by atoms with Gasteiger partial charge in [0, 0.05) is 38.7 Å². The average Bonchev–Trinajstić information content (AvgIpc) is 3.07. The Hall–Kier alpha value is -2.94. The van der Waals surface area contributed by atoms with E-state index in [1.807, 2.05) is 16.8 Å². The Morgan fingerprint density at radius 2 is 2.33 bits per heavy atom. The van der Waals surface area contributed by atoms with Crippen LogP contribution in [-0.2, 0) is 30.9 Å². The second-order valence-corrected chi connectivity index (χ2v) is 6.43. The molecule has 1 atom stereocenters. The minimum atomic E-state index is -0.432. The maximum Gasteiger partial charge on any atom is 0.248 e. The van der Waals surface area contributed by atoms with Crippen LogP contribution >= 0.6 is 0 Å². The molecule has 0 radical (unpaired) electrons. The summed E-state index contributed by atoms with van der Waals surface area (Å²) in [6.07, 6.45) is 1.80. The number of aryl methyl sites for hydroxylation is 1. The molecule has 9 heteroatoms. The number of guanidine groups is 1. The summed E-state index contributed by atoms with van der Waals surface area (Å²) in [5.41, 5.74) is 6.79. The first-order valence-corrected chi connectivity index (χ1v) is 8.86. The predicted octanol–water partition coefficient (Wildman–Crippen LogP) is 0.203. The summed E-state index contributed by atoms with van der Waals surface area (Å²) >= 11 is 0. The van der Waals surface area contributed by atoms with Crippen molar-refractivity contribution in [3.63, 3.8) is 0 Å². The first kappa shape index (κ1) is 18.8. The van der Waals surface area contributed by atoms with Crippen molar-refractivity contribution in [2.45, 2.75) is 38.6 Å². The highest BCUT2D eigenvalue weighted by Gasteiger charge is 2.22. The van der Waals surface area contributed by atoms with Gasteiger partial charge in [-0.2, -0.15) is 5.10 Å². The van der Waals surface area contributed by atoms with Crippen LogP contribution in [0.5, 0.6) is 0 Å². The number of rotatable bonds is 6. The van der Waals surface area contributed by atoms with Crippen LogP contribution in [0.2, 0.25) is 0 Å². The molecule has 1 aliphatic rings. The highest BCUT2D eigenvalue weighted by Crippen LogP contribution is 2.13. The van der Waals surface area contributed by atoms with Gasteiger partial charge < -0.3 is 21.1 Å². The Balaban J connectivity index is 1.56. The van der Waals surface area contributed by atoms with E-state index in [-0.39, 0.29) is 6.04 Å². The van der Waals surface area contributed by atoms with Gasteiger partial charge in [-0.1, -0.05) is 12.1 Å². The van der Waals surface area contributed by atoms with Crippen LogP contribution in [0, 0.1) is 0 Å². The minimum absolute atomic E-state index is 0.206. The van der Waals surface area contributed by atoms with Crippen molar-refractivity contribution < 1.29 is 9.53 Å². The molecule has 1 aromatic carbocycles. The first-order chi connectivity index (χ1) is 13.1. The second kappa shape index (κ2) is 8.63. The van der Waals surface area contributed by atoms with Gasteiger partial charge in [0.05, 0.1) is 6.54 Å². The predicted molar refractivity (Wildman–Crippen MR) is 101 cm³/mol. The normalized spacial score (nSPS) is 16.7. The highest BCUT2D eigenvalue weighted by molar-refractivity contribution is 5.92. The van der Waals surface area contributed by atoms with Gasteiger partial charge in [-0.15, -0.1) is 0 Å². The lowest BCUT2D eigenvalue weighted by atomic mass is 10.1. The summed E-state index contributed by atoms with van der Waals surface area (Å²) in [6, 6.07) is 7.44. The molecule has 1 amide bonds. The summed E-state index contributed by atoms with van der Waals surface area (Å²) < 4.78 is 7.03. The van der Waals surface area contributed by atoms with Gasteiger partial charge in [-0.3, -0.25) is 9.79 Å². The van der Waals surface area contributed by atoms with Gasteiger partial charge in [0.15, 0.2) is 11.8 Å². The smallest absolute Gasteiger partial charge is 0.248 e. The quantitative estimate of drug-likeness (QED) is 0.493. The van der Waals surface area contributed by atoms with Crippen molar-refractivity contribution in [2.75, 3.05) is 14.2 Å². The lowest BCUT2D eigenvalue weighted by Crippen LogP contribution is -2.46. The van der Waals surface area contributed by atoms with Gasteiger partial charge in [-0.05, 0) is 24.1 Å². The molecular formula is C18H25N7O2. The molecule has 1 aromatic heterocycles. The fourth-order valence-electron chi connectivity index (χ4n) is 3.08. The number of hydrogen-bond donors (Lipinski definition) is 3. The standard InChI is InChI=1S/C18H25N7O2/c1-20-18(21-9-12-4-3-5-13(8-12)17(19)26)22-14-6-7-16-23-15(11-27-2)24-25(16)10-14/h3-5,8,14H,6-7,9-11H2,1-2H3,(H2,19,26)(H2,20,21,22). The van der Waals surface area contributed by atoms with Crippen molar-refractivity contribution in [3.05, 3.63) is 47.0 Å². The molecule has 27 heavy (non-hydrogen) atoms. The second-order valence-electron chi connectivity index (χ2n) is 6.43. The number of carbonyl (C=O) groups is 1. The molecule has 0 spiro atoms. The Labute approximate surface area is 158 Å². The molecule has 0 fully saturated rings. The number of aliphatic imine (C=N–C) groups is 1. The summed E-state index contributed by atoms with van der Waals surface area (Å²) in [7, 11) is 3.37. The third kappa shape index (κ3) is 4.82. The average molecular weight is 371 g/mol. The summed E-state index contributed by atoms with van der Waals surface area (Å²) in [5, 5.41) is 11.2. The molecule has 2 aromatic rings. The molecule has 9 nitrogen and oxygen atoms in total. The summed E-state index contributed by atoms with van der Waals surface area (Å²) in [5.74, 6) is 1.97. The molecule has 0 saturated carbocycles. The molecule has 2 heterocycles. The van der Waals surface area contributed by atoms with E-state index >= 15 is 0 Å². The van der Waals surface area contributed by atoms with E-state index in [0.717, 1.165) is 30.8 Å². The fraction of sp³-hybridized carbons (Fsp3) is 0.444. The number of carbonyl (C=O) groups excluding carboxylic acids is 1. The molecule has 0 saturated heterocycles. The van der Waals surface area contributed by atoms with E-state index in [9.17, 15) is 4.79 Å². The molecular weight excluding hydrogens is 346 g/mol. The van der Waals surface area contributed by atoms with Crippen molar-refractivity contribution >= 4 is 11.9 Å². The number of nitrogens with two attached hydrogens (primary N) is 1. The zero-order valence-electron chi connectivity index (χ0n) is 15.6. The Bertz CT molecular complexity index is 831. The topological polar surface area (TPSA) is 119 Å². The van der Waals surface area contributed by atoms with Crippen LogP contribution in [-0.4, -0.2) is 46.8 Å². The number of ether oxygens (including phenoxy) is 1. The fourth-order valence-corrected chi connectivity index (χ4v) is 3.08. The number of hydrogen-bond acceptors (Lipinski definition) is 5. The van der Waals surface area contributed by atoms with Gasteiger partial charge in [0.1, 0.15) is 12.4 Å². The van der Waals surface area contributed by atoms with Gasteiger partial charge >= 0.3 is 0 Å². The van der Waals surface area contributed by atoms with Crippen LogP contribution in [0.4, 0.5) is 0 Å². The number of nitrogens with one attached hydrogen (secondary N) is 2. The number of primary amides is 1. The number of methoxy groups -OCH3 is 1. The number of fused-ring (bicyclic) bond motifs is 1. The minimum Gasteiger partial charge on any atom is -0.377 e. The largest absolute Gasteiger partial charge is 0.377 e. The van der Waals surface area contributed by atoms with Crippen LogP contribution < -0.4 is 16.4 Å². The molecule has 3 rings (SSSR count). The zero-order valence-corrected chi connectivity index (χ0v) is 15.6. The molecule has 4 N–H and O–H groups in total. The zero-order chi connectivity index (χ0) is 19.2. The van der Waals surface area contributed by atoms with E-state index in [1.165, 1.54) is 0 Å². The Morgan fingerprint density at radius 3 is 3.07 bits per heavy atom. The van der Waals surface area contributed by atoms with E-state index in [1.54, 1.807) is 26.3 Å². The maximum absolute atomic E-state index is 11.3. The van der Waals surface area contributed by atoms with E-state index < -0.39 is 5.91 Å². The van der Waals surface area contributed by atoms with Gasteiger partial charge in [0.25, 0.3) is 0 Å². The first-order valence-electron chi connectivity index (χ1n) is 8.86. The molecule has 144 valence electrons. The molecule has 0 aliphatic carbocycles. The maximum atomic E-state index is 11.3. The number of nitrogens with zero attached hydrogens (tertiary/aromatic N) is 4. The van der Waals surface area contributed by atoms with Crippen LogP contribution in [0.1, 0.15) is 34.0 Å². The molecule has 0 bridgehead atoms. The number of amides is 1. The Kier molecular flexibility index (Phi) is 6.02. The highest BCUT2D eigenvalue weighted by atomic mass is 16.5. The van der Waals surface area contributed by atoms with Crippen molar-refractivity contribution in [3.8, 4) is 0 Å². The summed E-state index contributed by atoms with van der Waals surface area (Å²) in [4.78, 5) is 20.1. The van der Waals surface area contributed by atoms with E-state index in [2.05, 4.69) is 25.7 Å². The third-order valence-electron chi connectivity index (χ3n) is 4.41. The van der Waals surface area contributed by atoms with E-state index in [4.69, 9.17) is 10.5 Å². The SMILES string of the molecule is CN=C(NCc1cccc(C(N)=O)c1)NC1CCc2nc(COC)nn2C1. The van der Waals surface area contributed by atoms with Crippen molar-refractivity contribution in [2.24, 2.45) is 10.7 Å². The van der Waals surface area contributed by atoms with Crippen LogP contribution in [0.3, 0.4) is 0 Å². The van der Waals surface area contributed by atoms with Gasteiger partial charge in [0.2, 0.25) is 5.91 Å². The third-order valence-corrected chi connectivity index (χ3v) is 4.41. The molecule has 1 unspecified atom stereocenters. The van der Waals surface area contributed by atoms with Crippen molar-refractivity contribution in [1.82, 2.24) is 25.4 Å². The summed E-state index contributed by atoms with van der Waals surface area (Å²) in [6.45, 7) is 1.69. The lowest BCUT2D eigenvalue weighted by molar-refractivity contribution is 0.1000. The number of aromatic nitrogens is 3. The molecule has 1 aliphatic heterocycles. The van der Waals surface area contributed by atoms with Crippen LogP contribution in [0.25, 0.3) is 0 Å². The lowest BCUT2D eigenvalue weighted by Gasteiger charge is -2.25.